The Morgan fingerprint density at radius 2 is 1.93 bits per heavy atom. The van der Waals surface area contributed by atoms with Crippen LogP contribution in [0.15, 0.2) is 35.9 Å². The van der Waals surface area contributed by atoms with Crippen LogP contribution in [0.25, 0.3) is 0 Å². The van der Waals surface area contributed by atoms with Crippen LogP contribution in [0.3, 0.4) is 0 Å². The zero-order chi connectivity index (χ0) is 11.3. The van der Waals surface area contributed by atoms with Crippen LogP contribution in [0.5, 0.6) is 5.75 Å². The van der Waals surface area contributed by atoms with Gasteiger partial charge in [0.15, 0.2) is 0 Å². The minimum Gasteiger partial charge on any atom is -0.497 e. The van der Waals surface area contributed by atoms with Crippen LogP contribution < -0.4 is 10.1 Å². The molecule has 0 aliphatic heterocycles. The number of carbonyl (C=O) groups excluding carboxylic acids is 1. The summed E-state index contributed by atoms with van der Waals surface area (Å²) in [4.78, 5) is 11.5. The Hall–Kier alpha value is -1.77. The molecule has 1 amide bonds. The molecule has 1 aromatic rings. The van der Waals surface area contributed by atoms with Gasteiger partial charge < -0.3 is 10.1 Å². The fourth-order valence-corrected chi connectivity index (χ4v) is 1.04. The maximum absolute atomic E-state index is 11.5. The van der Waals surface area contributed by atoms with Gasteiger partial charge in [-0.05, 0) is 38.1 Å². The van der Waals surface area contributed by atoms with E-state index in [9.17, 15) is 4.79 Å². The van der Waals surface area contributed by atoms with Gasteiger partial charge in [-0.3, -0.25) is 4.79 Å². The topological polar surface area (TPSA) is 38.3 Å². The fourth-order valence-electron chi connectivity index (χ4n) is 1.04. The SMILES string of the molecule is C/C=C(/C)C(=O)Nc1ccc(OC)cc1. The second-order valence-corrected chi connectivity index (χ2v) is 3.15. The molecule has 80 valence electrons. The number of methoxy groups -OCH3 is 1. The molecule has 1 rings (SSSR count). The Bertz CT molecular complexity index is 366. The van der Waals surface area contributed by atoms with Crippen molar-refractivity contribution < 1.29 is 9.53 Å². The van der Waals surface area contributed by atoms with E-state index in [1.165, 1.54) is 0 Å². The second kappa shape index (κ2) is 5.20. The number of hydrogen-bond donors (Lipinski definition) is 1. The molecule has 3 heteroatoms. The molecule has 3 nitrogen and oxygen atoms in total. The van der Waals surface area contributed by atoms with E-state index >= 15 is 0 Å². The van der Waals surface area contributed by atoms with Crippen molar-refractivity contribution in [2.75, 3.05) is 12.4 Å². The number of amides is 1. The summed E-state index contributed by atoms with van der Waals surface area (Å²) in [6, 6.07) is 7.22. The van der Waals surface area contributed by atoms with Crippen LogP contribution in [0.4, 0.5) is 5.69 Å². The summed E-state index contributed by atoms with van der Waals surface area (Å²) in [7, 11) is 1.61. The number of benzene rings is 1. The molecule has 0 aromatic heterocycles. The Morgan fingerprint density at radius 1 is 1.33 bits per heavy atom. The second-order valence-electron chi connectivity index (χ2n) is 3.15. The zero-order valence-corrected chi connectivity index (χ0v) is 9.20. The number of anilines is 1. The van der Waals surface area contributed by atoms with Gasteiger partial charge in [0.25, 0.3) is 5.91 Å². The summed E-state index contributed by atoms with van der Waals surface area (Å²) in [6.07, 6.45) is 1.78. The van der Waals surface area contributed by atoms with Gasteiger partial charge in [0.1, 0.15) is 5.75 Å². The first-order chi connectivity index (χ1) is 7.17. The average molecular weight is 205 g/mol. The maximum atomic E-state index is 11.5. The van der Waals surface area contributed by atoms with Crippen molar-refractivity contribution in [3.63, 3.8) is 0 Å². The monoisotopic (exact) mass is 205 g/mol. The Morgan fingerprint density at radius 3 is 2.40 bits per heavy atom. The van der Waals surface area contributed by atoms with Gasteiger partial charge >= 0.3 is 0 Å². The van der Waals surface area contributed by atoms with Crippen molar-refractivity contribution >= 4 is 11.6 Å². The highest BCUT2D eigenvalue weighted by molar-refractivity contribution is 6.03. The quantitative estimate of drug-likeness (QED) is 0.770. The number of hydrogen-bond acceptors (Lipinski definition) is 2. The van der Waals surface area contributed by atoms with Crippen LogP contribution in [0.2, 0.25) is 0 Å². The van der Waals surface area contributed by atoms with Crippen LogP contribution in [-0.2, 0) is 4.79 Å². The molecule has 0 saturated carbocycles. The smallest absolute Gasteiger partial charge is 0.250 e. The molecule has 0 heterocycles. The van der Waals surface area contributed by atoms with E-state index < -0.39 is 0 Å². The largest absolute Gasteiger partial charge is 0.497 e. The van der Waals surface area contributed by atoms with E-state index in [0.29, 0.717) is 5.57 Å². The molecule has 0 radical (unpaired) electrons. The molecule has 0 bridgehead atoms. The summed E-state index contributed by atoms with van der Waals surface area (Å²) in [5, 5.41) is 2.78. The molecule has 1 aromatic carbocycles. The predicted molar refractivity (Wildman–Crippen MR) is 61.1 cm³/mol. The summed E-state index contributed by atoms with van der Waals surface area (Å²) >= 11 is 0. The summed E-state index contributed by atoms with van der Waals surface area (Å²) in [6.45, 7) is 3.61. The molecule has 0 fully saturated rings. The normalized spacial score (nSPS) is 11.0. The Kier molecular flexibility index (Phi) is 3.92. The van der Waals surface area contributed by atoms with E-state index in [1.54, 1.807) is 44.4 Å². The number of allylic oxidation sites excluding steroid dienone is 1. The first kappa shape index (κ1) is 11.3. The molecule has 0 aliphatic rings. The minimum absolute atomic E-state index is 0.0809. The first-order valence-electron chi connectivity index (χ1n) is 4.75. The highest BCUT2D eigenvalue weighted by Crippen LogP contribution is 2.15. The lowest BCUT2D eigenvalue weighted by molar-refractivity contribution is -0.112. The Balaban J connectivity index is 2.69. The van der Waals surface area contributed by atoms with Crippen molar-refractivity contribution in [1.82, 2.24) is 0 Å². The van der Waals surface area contributed by atoms with Crippen molar-refractivity contribution in [2.24, 2.45) is 0 Å². The number of rotatable bonds is 3. The molecule has 0 atom stereocenters. The van der Waals surface area contributed by atoms with E-state index in [1.807, 2.05) is 6.92 Å². The van der Waals surface area contributed by atoms with Crippen molar-refractivity contribution in [3.05, 3.63) is 35.9 Å². The molecule has 0 unspecified atom stereocenters. The molecule has 0 aliphatic carbocycles. The lowest BCUT2D eigenvalue weighted by Gasteiger charge is -2.05. The Labute approximate surface area is 89.8 Å². The van der Waals surface area contributed by atoms with Crippen molar-refractivity contribution in [2.45, 2.75) is 13.8 Å². The van der Waals surface area contributed by atoms with Gasteiger partial charge in [-0.1, -0.05) is 6.08 Å². The van der Waals surface area contributed by atoms with Crippen LogP contribution in [0.1, 0.15) is 13.8 Å². The summed E-state index contributed by atoms with van der Waals surface area (Å²) < 4.78 is 5.02. The molecular formula is C12H15NO2. The van der Waals surface area contributed by atoms with E-state index in [0.717, 1.165) is 11.4 Å². The minimum atomic E-state index is -0.0809. The van der Waals surface area contributed by atoms with Crippen molar-refractivity contribution in [3.8, 4) is 5.75 Å². The fraction of sp³-hybridized carbons (Fsp3) is 0.250. The van der Waals surface area contributed by atoms with Crippen LogP contribution in [0, 0.1) is 0 Å². The molecule has 1 N–H and O–H groups in total. The predicted octanol–water partition coefficient (Wildman–Crippen LogP) is 2.60. The van der Waals surface area contributed by atoms with Gasteiger partial charge in [-0.15, -0.1) is 0 Å². The van der Waals surface area contributed by atoms with Gasteiger partial charge in [-0.25, -0.2) is 0 Å². The number of nitrogens with one attached hydrogen (secondary N) is 1. The number of ether oxygens (including phenoxy) is 1. The average Bonchev–Trinajstić information content (AvgIpc) is 2.29. The van der Waals surface area contributed by atoms with Gasteiger partial charge in [0.05, 0.1) is 7.11 Å². The standard InChI is InChI=1S/C12H15NO2/c1-4-9(2)12(14)13-10-5-7-11(15-3)8-6-10/h4-8H,1-3H3,(H,13,14)/b9-4-. The molecular weight excluding hydrogens is 190 g/mol. The van der Waals surface area contributed by atoms with E-state index in [-0.39, 0.29) is 5.91 Å². The van der Waals surface area contributed by atoms with Gasteiger partial charge in [0, 0.05) is 11.3 Å². The number of carbonyl (C=O) groups is 1. The molecule has 15 heavy (non-hydrogen) atoms. The van der Waals surface area contributed by atoms with Gasteiger partial charge in [0.2, 0.25) is 0 Å². The lowest BCUT2D eigenvalue weighted by atomic mass is 10.2. The lowest BCUT2D eigenvalue weighted by Crippen LogP contribution is -2.12. The van der Waals surface area contributed by atoms with Crippen LogP contribution >= 0.6 is 0 Å². The highest BCUT2D eigenvalue weighted by Gasteiger charge is 2.03. The molecule has 0 spiro atoms. The molecule has 0 saturated heterocycles. The van der Waals surface area contributed by atoms with Crippen LogP contribution in [-0.4, -0.2) is 13.0 Å². The third-order valence-electron chi connectivity index (χ3n) is 2.14. The maximum Gasteiger partial charge on any atom is 0.250 e. The van der Waals surface area contributed by atoms with Gasteiger partial charge in [-0.2, -0.15) is 0 Å². The van der Waals surface area contributed by atoms with E-state index in [4.69, 9.17) is 4.74 Å². The first-order valence-corrected chi connectivity index (χ1v) is 4.75. The third kappa shape index (κ3) is 3.13. The summed E-state index contributed by atoms with van der Waals surface area (Å²) in [5.41, 5.74) is 1.47. The summed E-state index contributed by atoms with van der Waals surface area (Å²) in [5.74, 6) is 0.693. The highest BCUT2D eigenvalue weighted by atomic mass is 16.5. The zero-order valence-electron chi connectivity index (χ0n) is 9.20. The third-order valence-corrected chi connectivity index (χ3v) is 2.14. The van der Waals surface area contributed by atoms with Crippen molar-refractivity contribution in [1.29, 1.82) is 0 Å². The van der Waals surface area contributed by atoms with E-state index in [2.05, 4.69) is 5.32 Å².